The van der Waals surface area contributed by atoms with E-state index >= 15 is 0 Å². The molecule has 2 rings (SSSR count). The van der Waals surface area contributed by atoms with Crippen molar-refractivity contribution in [2.45, 2.75) is 25.0 Å². The van der Waals surface area contributed by atoms with Crippen LogP contribution in [0.1, 0.15) is 29.1 Å². The molecule has 0 saturated heterocycles. The highest BCUT2D eigenvalue weighted by Gasteiger charge is 2.06. The van der Waals surface area contributed by atoms with E-state index in [2.05, 4.69) is 10.2 Å². The van der Waals surface area contributed by atoms with Crippen molar-refractivity contribution in [3.63, 3.8) is 0 Å². The predicted octanol–water partition coefficient (Wildman–Crippen LogP) is 3.13. The lowest BCUT2D eigenvalue weighted by molar-refractivity contribution is 0.0982. The Hall–Kier alpha value is -1.62. The summed E-state index contributed by atoms with van der Waals surface area (Å²) >= 11 is 1.49. The minimum absolute atomic E-state index is 0.179. The number of rotatable bonds is 6. The third-order valence-corrected chi connectivity index (χ3v) is 3.28. The smallest absolute Gasteiger partial charge is 0.276 e. The van der Waals surface area contributed by atoms with Crippen molar-refractivity contribution >= 4 is 17.5 Å². The monoisotopic (exact) mass is 262 g/mol. The van der Waals surface area contributed by atoms with Gasteiger partial charge < -0.3 is 4.42 Å². The van der Waals surface area contributed by atoms with E-state index in [-0.39, 0.29) is 5.78 Å². The van der Waals surface area contributed by atoms with Crippen LogP contribution in [0.4, 0.5) is 0 Å². The normalized spacial score (nSPS) is 10.5. The van der Waals surface area contributed by atoms with Gasteiger partial charge in [-0.05, 0) is 6.42 Å². The SMILES string of the molecule is Cc1nnc(SCCCC(=O)c2ccccc2)o1. The molecule has 0 bridgehead atoms. The molecule has 0 aliphatic rings. The van der Waals surface area contributed by atoms with E-state index in [4.69, 9.17) is 4.42 Å². The Bertz CT molecular complexity index is 511. The Balaban J connectivity index is 1.71. The van der Waals surface area contributed by atoms with Crippen LogP contribution < -0.4 is 0 Å². The molecule has 94 valence electrons. The highest BCUT2D eigenvalue weighted by molar-refractivity contribution is 7.99. The number of thioether (sulfide) groups is 1. The van der Waals surface area contributed by atoms with Gasteiger partial charge in [-0.3, -0.25) is 4.79 Å². The summed E-state index contributed by atoms with van der Waals surface area (Å²) in [5.41, 5.74) is 0.774. The molecule has 1 aromatic heterocycles. The third kappa shape index (κ3) is 3.70. The molecule has 0 N–H and O–H groups in total. The molecular weight excluding hydrogens is 248 g/mol. The highest BCUT2D eigenvalue weighted by Crippen LogP contribution is 2.17. The molecule has 18 heavy (non-hydrogen) atoms. The fourth-order valence-electron chi connectivity index (χ4n) is 1.50. The van der Waals surface area contributed by atoms with Crippen molar-refractivity contribution in [1.29, 1.82) is 0 Å². The van der Waals surface area contributed by atoms with Crippen molar-refractivity contribution in [3.05, 3.63) is 41.8 Å². The zero-order valence-corrected chi connectivity index (χ0v) is 10.9. The van der Waals surface area contributed by atoms with Gasteiger partial charge in [-0.2, -0.15) is 0 Å². The number of aryl methyl sites for hydroxylation is 1. The fraction of sp³-hybridized carbons (Fsp3) is 0.308. The average molecular weight is 262 g/mol. The topological polar surface area (TPSA) is 56.0 Å². The summed E-state index contributed by atoms with van der Waals surface area (Å²) < 4.78 is 5.23. The molecule has 4 nitrogen and oxygen atoms in total. The van der Waals surface area contributed by atoms with Crippen LogP contribution in [-0.4, -0.2) is 21.7 Å². The van der Waals surface area contributed by atoms with E-state index in [0.29, 0.717) is 17.5 Å². The Kier molecular flexibility index (Phi) is 4.52. The summed E-state index contributed by atoms with van der Waals surface area (Å²) in [5, 5.41) is 8.19. The molecule has 0 aliphatic carbocycles. The zero-order chi connectivity index (χ0) is 12.8. The van der Waals surface area contributed by atoms with Gasteiger partial charge in [0, 0.05) is 24.7 Å². The third-order valence-electron chi connectivity index (χ3n) is 2.38. The molecule has 0 amide bonds. The van der Waals surface area contributed by atoms with E-state index in [1.54, 1.807) is 6.92 Å². The van der Waals surface area contributed by atoms with Crippen LogP contribution in [0.3, 0.4) is 0 Å². The second-order valence-corrected chi connectivity index (χ2v) is 4.87. The largest absolute Gasteiger partial charge is 0.416 e. The quantitative estimate of drug-likeness (QED) is 0.455. The van der Waals surface area contributed by atoms with Gasteiger partial charge >= 0.3 is 0 Å². The summed E-state index contributed by atoms with van der Waals surface area (Å²) in [6, 6.07) is 9.35. The van der Waals surface area contributed by atoms with Crippen molar-refractivity contribution in [1.82, 2.24) is 10.2 Å². The van der Waals surface area contributed by atoms with Gasteiger partial charge in [-0.1, -0.05) is 42.1 Å². The molecule has 0 atom stereocenters. The summed E-state index contributed by atoms with van der Waals surface area (Å²) in [4.78, 5) is 11.8. The number of benzene rings is 1. The van der Waals surface area contributed by atoms with Crippen molar-refractivity contribution in [2.24, 2.45) is 0 Å². The molecule has 2 aromatic rings. The maximum absolute atomic E-state index is 11.8. The Morgan fingerprint density at radius 1 is 1.28 bits per heavy atom. The second-order valence-electron chi connectivity index (χ2n) is 3.83. The molecular formula is C13H14N2O2S. The van der Waals surface area contributed by atoms with Crippen LogP contribution >= 0.6 is 11.8 Å². The lowest BCUT2D eigenvalue weighted by Crippen LogP contribution is -1.99. The summed E-state index contributed by atoms with van der Waals surface area (Å²) in [5.74, 6) is 1.55. The Morgan fingerprint density at radius 3 is 2.72 bits per heavy atom. The van der Waals surface area contributed by atoms with Gasteiger partial charge in [0.15, 0.2) is 5.78 Å². The molecule has 0 fully saturated rings. The summed E-state index contributed by atoms with van der Waals surface area (Å²) in [6.07, 6.45) is 1.35. The number of ketones is 1. The zero-order valence-electron chi connectivity index (χ0n) is 10.1. The van der Waals surface area contributed by atoms with Crippen LogP contribution in [0, 0.1) is 6.92 Å². The Morgan fingerprint density at radius 2 is 2.06 bits per heavy atom. The summed E-state index contributed by atoms with van der Waals surface area (Å²) in [6.45, 7) is 1.76. The van der Waals surface area contributed by atoms with Gasteiger partial charge in [0.1, 0.15) is 0 Å². The van der Waals surface area contributed by atoms with Gasteiger partial charge in [0.2, 0.25) is 5.89 Å². The molecule has 0 saturated carbocycles. The fourth-order valence-corrected chi connectivity index (χ4v) is 2.24. The van der Waals surface area contributed by atoms with E-state index in [9.17, 15) is 4.79 Å². The van der Waals surface area contributed by atoms with Gasteiger partial charge in [-0.15, -0.1) is 10.2 Å². The molecule has 0 unspecified atom stereocenters. The first-order chi connectivity index (χ1) is 8.75. The number of carbonyl (C=O) groups is 1. The van der Waals surface area contributed by atoms with E-state index in [1.807, 2.05) is 30.3 Å². The summed E-state index contributed by atoms with van der Waals surface area (Å²) in [7, 11) is 0. The Labute approximate surface area is 110 Å². The van der Waals surface area contributed by atoms with Gasteiger partial charge in [-0.25, -0.2) is 0 Å². The lowest BCUT2D eigenvalue weighted by atomic mass is 10.1. The molecule has 0 aliphatic heterocycles. The second kappa shape index (κ2) is 6.35. The number of nitrogens with zero attached hydrogens (tertiary/aromatic N) is 2. The van der Waals surface area contributed by atoms with Crippen LogP contribution in [0.25, 0.3) is 0 Å². The van der Waals surface area contributed by atoms with Crippen LogP contribution in [0.5, 0.6) is 0 Å². The number of hydrogen-bond acceptors (Lipinski definition) is 5. The van der Waals surface area contributed by atoms with Crippen molar-refractivity contribution in [2.75, 3.05) is 5.75 Å². The number of carbonyl (C=O) groups excluding carboxylic acids is 1. The van der Waals surface area contributed by atoms with Crippen molar-refractivity contribution in [3.8, 4) is 0 Å². The first-order valence-electron chi connectivity index (χ1n) is 5.77. The standard InChI is InChI=1S/C13H14N2O2S/c1-10-14-15-13(17-10)18-9-5-8-12(16)11-6-3-2-4-7-11/h2-4,6-7H,5,8-9H2,1H3. The molecule has 0 spiro atoms. The van der Waals surface area contributed by atoms with Crippen LogP contribution in [0.2, 0.25) is 0 Å². The lowest BCUT2D eigenvalue weighted by Gasteiger charge is -1.99. The van der Waals surface area contributed by atoms with E-state index < -0.39 is 0 Å². The minimum atomic E-state index is 0.179. The molecule has 1 aromatic carbocycles. The molecule has 5 heteroatoms. The van der Waals surface area contributed by atoms with E-state index in [1.165, 1.54) is 11.8 Å². The van der Waals surface area contributed by atoms with Gasteiger partial charge in [0.05, 0.1) is 0 Å². The van der Waals surface area contributed by atoms with Crippen LogP contribution in [0.15, 0.2) is 40.0 Å². The first-order valence-corrected chi connectivity index (χ1v) is 6.75. The van der Waals surface area contributed by atoms with E-state index in [0.717, 1.165) is 17.7 Å². The minimum Gasteiger partial charge on any atom is -0.416 e. The molecule has 0 radical (unpaired) electrons. The maximum atomic E-state index is 11.8. The highest BCUT2D eigenvalue weighted by atomic mass is 32.2. The number of aromatic nitrogens is 2. The van der Waals surface area contributed by atoms with Crippen LogP contribution in [-0.2, 0) is 0 Å². The van der Waals surface area contributed by atoms with Gasteiger partial charge in [0.25, 0.3) is 5.22 Å². The van der Waals surface area contributed by atoms with Crippen molar-refractivity contribution < 1.29 is 9.21 Å². The number of Topliss-reactive ketones (excluding diaryl/α,β-unsaturated/α-hetero) is 1. The maximum Gasteiger partial charge on any atom is 0.276 e. The first kappa shape index (κ1) is 12.8. The molecule has 1 heterocycles. The number of hydrogen-bond donors (Lipinski definition) is 0. The predicted molar refractivity (Wildman–Crippen MR) is 69.8 cm³/mol. The average Bonchev–Trinajstić information content (AvgIpc) is 2.81.